The Balaban J connectivity index is 0.945. The highest BCUT2D eigenvalue weighted by molar-refractivity contribution is 7.25. The maximum absolute atomic E-state index is 2.72. The molecule has 330 valence electrons. The number of rotatable bonds is 10. The van der Waals surface area contributed by atoms with Crippen LogP contribution in [0.1, 0.15) is 0 Å². The van der Waals surface area contributed by atoms with Crippen molar-refractivity contribution in [3.63, 3.8) is 0 Å². The average molecular weight is 927 g/mol. The van der Waals surface area contributed by atoms with Gasteiger partial charge in [-0.3, -0.25) is 0 Å². The fourth-order valence-corrected chi connectivity index (χ4v) is 16.8. The lowest BCUT2D eigenvalue weighted by Crippen LogP contribution is -2.74. The van der Waals surface area contributed by atoms with Crippen LogP contribution >= 0.6 is 11.3 Å². The predicted molar refractivity (Wildman–Crippen MR) is 303 cm³/mol. The van der Waals surface area contributed by atoms with Gasteiger partial charge in [0.2, 0.25) is 0 Å². The van der Waals surface area contributed by atoms with Crippen molar-refractivity contribution < 1.29 is 0 Å². The third-order valence-electron chi connectivity index (χ3n) is 14.2. The molecule has 0 atom stereocenters. The summed E-state index contributed by atoms with van der Waals surface area (Å²) in [5, 5.41) is 10.5. The molecule has 2 aromatic heterocycles. The van der Waals surface area contributed by atoms with Crippen molar-refractivity contribution in [3.05, 3.63) is 279 Å². The highest BCUT2D eigenvalue weighted by Gasteiger charge is 2.41. The molecule has 0 saturated heterocycles. The minimum Gasteiger partial charge on any atom is -0.311 e. The molecule has 13 rings (SSSR count). The summed E-state index contributed by atoms with van der Waals surface area (Å²) in [7, 11) is -2.72. The number of hydrogen-bond donors (Lipinski definition) is 0. The first-order valence-electron chi connectivity index (χ1n) is 24.0. The molecule has 13 aromatic rings. The topological polar surface area (TPSA) is 8.17 Å². The number of anilines is 3. The SMILES string of the molecule is c1ccc(-n2c3ccccc3c3c(-c4ccc(N(c5ccc(-c6ccc7sc8ccccc8c7c6)cc5)c5ccc([Si](c6ccccc6)(c6ccccc6)c6ccccc6)cc5)cc4)cccc32)cc1. The Kier molecular flexibility index (Phi) is 10.4. The monoisotopic (exact) mass is 926 g/mol. The van der Waals surface area contributed by atoms with E-state index in [1.165, 1.54) is 85.0 Å². The fraction of sp³-hybridized carbons (Fsp3) is 0. The summed E-state index contributed by atoms with van der Waals surface area (Å²) in [6.07, 6.45) is 0. The Bertz CT molecular complexity index is 3860. The van der Waals surface area contributed by atoms with Crippen molar-refractivity contribution in [2.24, 2.45) is 0 Å². The predicted octanol–water partition coefficient (Wildman–Crippen LogP) is 15.3. The quantitative estimate of drug-likeness (QED) is 0.0980. The van der Waals surface area contributed by atoms with Crippen LogP contribution in [0.15, 0.2) is 279 Å². The van der Waals surface area contributed by atoms with E-state index in [2.05, 4.69) is 289 Å². The van der Waals surface area contributed by atoms with Gasteiger partial charge in [-0.1, -0.05) is 200 Å². The maximum Gasteiger partial charge on any atom is 0.179 e. The second-order valence-corrected chi connectivity index (χ2v) is 22.9. The molecule has 0 fully saturated rings. The van der Waals surface area contributed by atoms with E-state index in [1.807, 2.05) is 11.3 Å². The third kappa shape index (κ3) is 6.99. The van der Waals surface area contributed by atoms with Gasteiger partial charge >= 0.3 is 0 Å². The molecule has 0 bridgehead atoms. The Labute approximate surface area is 413 Å². The van der Waals surface area contributed by atoms with E-state index in [9.17, 15) is 0 Å². The zero-order valence-corrected chi connectivity index (χ0v) is 40.2. The van der Waals surface area contributed by atoms with Crippen LogP contribution in [0.5, 0.6) is 0 Å². The number of thiophene rings is 1. The summed E-state index contributed by atoms with van der Waals surface area (Å²) in [5.41, 5.74) is 11.6. The Morgan fingerprint density at radius 2 is 0.771 bits per heavy atom. The molecule has 0 aliphatic heterocycles. The number of hydrogen-bond acceptors (Lipinski definition) is 2. The zero-order valence-electron chi connectivity index (χ0n) is 38.4. The van der Waals surface area contributed by atoms with Crippen molar-refractivity contribution in [3.8, 4) is 27.9 Å². The average Bonchev–Trinajstić information content (AvgIpc) is 3.99. The van der Waals surface area contributed by atoms with E-state index < -0.39 is 8.07 Å². The van der Waals surface area contributed by atoms with Crippen LogP contribution in [0.25, 0.3) is 69.9 Å². The van der Waals surface area contributed by atoms with Crippen molar-refractivity contribution in [1.29, 1.82) is 0 Å². The van der Waals surface area contributed by atoms with E-state index in [-0.39, 0.29) is 0 Å². The minimum absolute atomic E-state index is 1.09. The van der Waals surface area contributed by atoms with Gasteiger partial charge in [0.15, 0.2) is 8.07 Å². The Morgan fingerprint density at radius 1 is 0.314 bits per heavy atom. The first-order chi connectivity index (χ1) is 34.7. The molecule has 0 radical (unpaired) electrons. The summed E-state index contributed by atoms with van der Waals surface area (Å²) >= 11 is 1.86. The molecular weight excluding hydrogens is 881 g/mol. The second-order valence-electron chi connectivity index (χ2n) is 18.0. The molecule has 0 aliphatic carbocycles. The van der Waals surface area contributed by atoms with Gasteiger partial charge in [0.1, 0.15) is 0 Å². The summed E-state index contributed by atoms with van der Waals surface area (Å²) in [6.45, 7) is 0. The van der Waals surface area contributed by atoms with E-state index in [1.54, 1.807) is 0 Å². The molecule has 70 heavy (non-hydrogen) atoms. The van der Waals surface area contributed by atoms with Crippen LogP contribution in [-0.4, -0.2) is 12.6 Å². The molecule has 0 N–H and O–H groups in total. The summed E-state index contributed by atoms with van der Waals surface area (Å²) in [6, 6.07) is 103. The van der Waals surface area contributed by atoms with Gasteiger partial charge in [0, 0.05) is 53.7 Å². The lowest BCUT2D eigenvalue weighted by molar-refractivity contribution is 1.18. The largest absolute Gasteiger partial charge is 0.311 e. The molecular formula is C66H46N2SSi. The fourth-order valence-electron chi connectivity index (χ4n) is 11.0. The zero-order chi connectivity index (χ0) is 46.4. The molecule has 11 aromatic carbocycles. The Morgan fingerprint density at radius 3 is 1.39 bits per heavy atom. The van der Waals surface area contributed by atoms with Gasteiger partial charge in [-0.2, -0.15) is 0 Å². The summed E-state index contributed by atoms with van der Waals surface area (Å²) in [4.78, 5) is 2.41. The van der Waals surface area contributed by atoms with Crippen LogP contribution in [0.2, 0.25) is 0 Å². The van der Waals surface area contributed by atoms with Crippen LogP contribution in [0.4, 0.5) is 17.1 Å². The number of aromatic nitrogens is 1. The van der Waals surface area contributed by atoms with Gasteiger partial charge < -0.3 is 9.47 Å². The lowest BCUT2D eigenvalue weighted by atomic mass is 9.99. The number of para-hydroxylation sites is 2. The standard InChI is InChI=1S/C66H46N2SSi/c1-5-18-50(19-6-1)68-62-29-15-13-27-60(62)66-58(28-17-30-63(66)68)48-34-39-52(40-35-48)67(51-37-32-47(33-38-51)49-36-45-65-61(46-49)59-26-14-16-31-64(59)69-65)53-41-43-57(44-42-53)70(54-20-7-2-8-21-54,55-22-9-3-10-23-55)56-24-11-4-12-25-56/h1-46H. The van der Waals surface area contributed by atoms with E-state index in [0.29, 0.717) is 0 Å². The van der Waals surface area contributed by atoms with Crippen molar-refractivity contribution in [2.45, 2.75) is 0 Å². The maximum atomic E-state index is 2.41. The first kappa shape index (κ1) is 41.6. The van der Waals surface area contributed by atoms with E-state index in [0.717, 1.165) is 22.7 Å². The molecule has 0 aliphatic rings. The minimum atomic E-state index is -2.72. The van der Waals surface area contributed by atoms with Crippen LogP contribution in [0.3, 0.4) is 0 Å². The van der Waals surface area contributed by atoms with Gasteiger partial charge in [0.25, 0.3) is 0 Å². The summed E-state index contributed by atoms with van der Waals surface area (Å²) < 4.78 is 5.03. The van der Waals surface area contributed by atoms with Crippen LogP contribution in [-0.2, 0) is 0 Å². The molecule has 0 unspecified atom stereocenters. The van der Waals surface area contributed by atoms with Crippen molar-refractivity contribution in [1.82, 2.24) is 4.57 Å². The van der Waals surface area contributed by atoms with Gasteiger partial charge in [-0.25, -0.2) is 0 Å². The Hall–Kier alpha value is -8.54. The van der Waals surface area contributed by atoms with Gasteiger partial charge in [-0.15, -0.1) is 11.3 Å². The van der Waals surface area contributed by atoms with Gasteiger partial charge in [-0.05, 0) is 122 Å². The van der Waals surface area contributed by atoms with E-state index >= 15 is 0 Å². The summed E-state index contributed by atoms with van der Waals surface area (Å²) in [5.74, 6) is 0. The number of benzene rings is 11. The molecule has 4 heteroatoms. The van der Waals surface area contributed by atoms with Crippen LogP contribution < -0.4 is 25.6 Å². The second kappa shape index (κ2) is 17.5. The molecule has 2 heterocycles. The van der Waals surface area contributed by atoms with Crippen molar-refractivity contribution >= 4 is 99.2 Å². The highest BCUT2D eigenvalue weighted by Crippen LogP contribution is 2.42. The first-order valence-corrected chi connectivity index (χ1v) is 26.8. The normalized spacial score (nSPS) is 11.7. The molecule has 0 spiro atoms. The van der Waals surface area contributed by atoms with Gasteiger partial charge in [0.05, 0.1) is 11.0 Å². The smallest absolute Gasteiger partial charge is 0.179 e. The van der Waals surface area contributed by atoms with Crippen LogP contribution in [0, 0.1) is 0 Å². The molecule has 0 amide bonds. The number of fused-ring (bicyclic) bond motifs is 6. The lowest BCUT2D eigenvalue weighted by Gasteiger charge is -2.35. The number of nitrogens with zero attached hydrogens (tertiary/aromatic N) is 2. The molecule has 0 saturated carbocycles. The highest BCUT2D eigenvalue weighted by atomic mass is 32.1. The molecule has 2 nitrogen and oxygen atoms in total. The van der Waals surface area contributed by atoms with E-state index in [4.69, 9.17) is 0 Å². The third-order valence-corrected chi connectivity index (χ3v) is 20.1. The van der Waals surface area contributed by atoms with Crippen molar-refractivity contribution in [2.75, 3.05) is 4.90 Å².